The Hall–Kier alpha value is -2.60. The zero-order chi connectivity index (χ0) is 15.2. The molecular formula is C15H14N2O3S. The van der Waals surface area contributed by atoms with Gasteiger partial charge in [-0.2, -0.15) is 0 Å². The van der Waals surface area contributed by atoms with E-state index in [-0.39, 0.29) is 23.3 Å². The van der Waals surface area contributed by atoms with Crippen LogP contribution in [0.3, 0.4) is 0 Å². The summed E-state index contributed by atoms with van der Waals surface area (Å²) in [5, 5.41) is 11.9. The molecule has 2 aromatic carbocycles. The van der Waals surface area contributed by atoms with Crippen LogP contribution >= 0.6 is 12.2 Å². The maximum atomic E-state index is 12.0. The van der Waals surface area contributed by atoms with Gasteiger partial charge in [-0.15, -0.1) is 0 Å². The van der Waals surface area contributed by atoms with Crippen LogP contribution in [0.5, 0.6) is 11.5 Å². The van der Waals surface area contributed by atoms with E-state index in [2.05, 4.69) is 5.32 Å². The van der Waals surface area contributed by atoms with Crippen molar-refractivity contribution in [3.8, 4) is 11.5 Å². The van der Waals surface area contributed by atoms with Gasteiger partial charge in [0.25, 0.3) is 5.91 Å². The maximum Gasteiger partial charge on any atom is 0.255 e. The summed E-state index contributed by atoms with van der Waals surface area (Å²) in [5.74, 6) is 0.396. The Labute approximate surface area is 127 Å². The van der Waals surface area contributed by atoms with Crippen LogP contribution in [-0.2, 0) is 0 Å². The lowest BCUT2D eigenvalue weighted by Crippen LogP contribution is -2.18. The predicted octanol–water partition coefficient (Wildman–Crippen LogP) is 2.31. The van der Waals surface area contributed by atoms with Crippen molar-refractivity contribution in [1.29, 1.82) is 0 Å². The zero-order valence-electron chi connectivity index (χ0n) is 11.1. The van der Waals surface area contributed by atoms with Gasteiger partial charge in [0.05, 0.1) is 0 Å². The van der Waals surface area contributed by atoms with Crippen molar-refractivity contribution in [3.05, 3.63) is 54.1 Å². The van der Waals surface area contributed by atoms with E-state index in [1.807, 2.05) is 0 Å². The maximum absolute atomic E-state index is 12.0. The third-order valence-electron chi connectivity index (χ3n) is 2.60. The van der Waals surface area contributed by atoms with Crippen LogP contribution in [0.15, 0.2) is 48.5 Å². The minimum absolute atomic E-state index is 0.111. The number of carbonyl (C=O) groups is 1. The Balaban J connectivity index is 2.05. The monoisotopic (exact) mass is 302 g/mol. The molecule has 1 amide bonds. The molecule has 108 valence electrons. The van der Waals surface area contributed by atoms with Crippen molar-refractivity contribution in [2.45, 2.75) is 0 Å². The molecule has 4 N–H and O–H groups in total. The van der Waals surface area contributed by atoms with Gasteiger partial charge in [0.1, 0.15) is 23.1 Å². The van der Waals surface area contributed by atoms with E-state index in [9.17, 15) is 9.90 Å². The third-order valence-corrected chi connectivity index (χ3v) is 2.72. The van der Waals surface area contributed by atoms with E-state index in [1.165, 1.54) is 24.3 Å². The van der Waals surface area contributed by atoms with Crippen molar-refractivity contribution < 1.29 is 14.6 Å². The Morgan fingerprint density at radius 1 is 1.24 bits per heavy atom. The zero-order valence-corrected chi connectivity index (χ0v) is 11.9. The highest BCUT2D eigenvalue weighted by Gasteiger charge is 2.06. The van der Waals surface area contributed by atoms with Gasteiger partial charge in [0, 0.05) is 17.3 Å². The predicted molar refractivity (Wildman–Crippen MR) is 84.8 cm³/mol. The van der Waals surface area contributed by atoms with Gasteiger partial charge >= 0.3 is 0 Å². The largest absolute Gasteiger partial charge is 0.508 e. The molecule has 0 aromatic heterocycles. The summed E-state index contributed by atoms with van der Waals surface area (Å²) in [7, 11) is 0. The summed E-state index contributed by atoms with van der Waals surface area (Å²) in [4.78, 5) is 12.3. The first-order valence-electron chi connectivity index (χ1n) is 6.16. The van der Waals surface area contributed by atoms with Gasteiger partial charge < -0.3 is 20.9 Å². The molecule has 5 nitrogen and oxygen atoms in total. The number of anilines is 1. The second-order valence-electron chi connectivity index (χ2n) is 4.28. The molecule has 0 aliphatic rings. The Morgan fingerprint density at radius 2 is 1.95 bits per heavy atom. The summed E-state index contributed by atoms with van der Waals surface area (Å²) >= 11 is 4.73. The summed E-state index contributed by atoms with van der Waals surface area (Å²) in [5.41, 5.74) is 6.40. The summed E-state index contributed by atoms with van der Waals surface area (Å²) in [6, 6.07) is 12.9. The second kappa shape index (κ2) is 6.71. The molecule has 0 saturated heterocycles. The number of ether oxygens (including phenoxy) is 1. The van der Waals surface area contributed by atoms with Gasteiger partial charge in [-0.05, 0) is 36.4 Å². The number of hydrogen-bond acceptors (Lipinski definition) is 4. The first kappa shape index (κ1) is 14.8. The number of rotatable bonds is 5. The molecule has 6 heteroatoms. The first-order chi connectivity index (χ1) is 10.0. The normalized spacial score (nSPS) is 9.90. The molecule has 21 heavy (non-hydrogen) atoms. The molecule has 0 aliphatic carbocycles. The lowest BCUT2D eigenvalue weighted by molar-refractivity contribution is 0.102. The Morgan fingerprint density at radius 3 is 2.62 bits per heavy atom. The number of carbonyl (C=O) groups excluding carboxylic acids is 1. The van der Waals surface area contributed by atoms with Gasteiger partial charge in [-0.1, -0.05) is 18.3 Å². The summed E-state index contributed by atoms with van der Waals surface area (Å²) in [6.45, 7) is 0.144. The van der Waals surface area contributed by atoms with Gasteiger partial charge in [0.15, 0.2) is 0 Å². The van der Waals surface area contributed by atoms with Crippen LogP contribution in [-0.4, -0.2) is 22.6 Å². The van der Waals surface area contributed by atoms with Crippen molar-refractivity contribution >= 4 is 28.8 Å². The van der Waals surface area contributed by atoms with Gasteiger partial charge in [-0.25, -0.2) is 0 Å². The van der Waals surface area contributed by atoms with Crippen molar-refractivity contribution in [2.24, 2.45) is 5.73 Å². The van der Waals surface area contributed by atoms with Crippen molar-refractivity contribution in [3.63, 3.8) is 0 Å². The molecule has 0 fully saturated rings. The van der Waals surface area contributed by atoms with E-state index >= 15 is 0 Å². The molecule has 0 atom stereocenters. The van der Waals surface area contributed by atoms with E-state index in [4.69, 9.17) is 22.7 Å². The molecule has 2 aromatic rings. The smallest absolute Gasteiger partial charge is 0.255 e. The van der Waals surface area contributed by atoms with Crippen LogP contribution in [0.1, 0.15) is 10.4 Å². The van der Waals surface area contributed by atoms with Gasteiger partial charge in [-0.3, -0.25) is 4.79 Å². The number of amides is 1. The number of benzene rings is 2. The van der Waals surface area contributed by atoms with Crippen molar-refractivity contribution in [2.75, 3.05) is 11.9 Å². The lowest BCUT2D eigenvalue weighted by atomic mass is 10.2. The second-order valence-corrected chi connectivity index (χ2v) is 4.81. The van der Waals surface area contributed by atoms with E-state index in [1.54, 1.807) is 24.3 Å². The number of aromatic hydroxyl groups is 1. The number of nitrogens with one attached hydrogen (secondary N) is 1. The molecule has 0 heterocycles. The van der Waals surface area contributed by atoms with Crippen LogP contribution < -0.4 is 15.8 Å². The third kappa shape index (κ3) is 4.47. The Kier molecular flexibility index (Phi) is 4.73. The lowest BCUT2D eigenvalue weighted by Gasteiger charge is -2.09. The van der Waals surface area contributed by atoms with E-state index in [0.29, 0.717) is 17.0 Å². The van der Waals surface area contributed by atoms with E-state index in [0.717, 1.165) is 0 Å². The van der Waals surface area contributed by atoms with Crippen molar-refractivity contribution in [1.82, 2.24) is 0 Å². The number of phenolic OH excluding ortho intramolecular Hbond substituents is 1. The van der Waals surface area contributed by atoms with Crippen LogP contribution in [0, 0.1) is 0 Å². The number of phenols is 1. The molecule has 2 rings (SSSR count). The summed E-state index contributed by atoms with van der Waals surface area (Å²) in [6.07, 6.45) is 0. The first-order valence-corrected chi connectivity index (χ1v) is 6.57. The highest BCUT2D eigenvalue weighted by molar-refractivity contribution is 7.80. The molecule has 0 saturated carbocycles. The molecule has 0 spiro atoms. The highest BCUT2D eigenvalue weighted by atomic mass is 32.1. The quantitative estimate of drug-likeness (QED) is 0.738. The number of thiocarbonyl (C=S) groups is 1. The Bertz CT molecular complexity index is 656. The van der Waals surface area contributed by atoms with Crippen LogP contribution in [0.25, 0.3) is 0 Å². The topological polar surface area (TPSA) is 84.6 Å². The summed E-state index contributed by atoms with van der Waals surface area (Å²) < 4.78 is 5.36. The standard InChI is InChI=1S/C15H14N2O3S/c16-14(21)9-20-13-3-1-2-11(8-13)17-15(19)10-4-6-12(18)7-5-10/h1-8,18H,9H2,(H2,16,21)(H,17,19). The molecular weight excluding hydrogens is 288 g/mol. The fourth-order valence-corrected chi connectivity index (χ4v) is 1.69. The average molecular weight is 302 g/mol. The highest BCUT2D eigenvalue weighted by Crippen LogP contribution is 2.18. The minimum atomic E-state index is -0.276. The van der Waals surface area contributed by atoms with Gasteiger partial charge in [0.2, 0.25) is 0 Å². The fraction of sp³-hybridized carbons (Fsp3) is 0.0667. The molecule has 0 aliphatic heterocycles. The average Bonchev–Trinajstić information content (AvgIpc) is 2.46. The molecule has 0 unspecified atom stereocenters. The fourth-order valence-electron chi connectivity index (χ4n) is 1.63. The molecule has 0 bridgehead atoms. The van der Waals surface area contributed by atoms with E-state index < -0.39 is 0 Å². The number of nitrogens with two attached hydrogens (primary N) is 1. The minimum Gasteiger partial charge on any atom is -0.508 e. The SMILES string of the molecule is NC(=S)COc1cccc(NC(=O)c2ccc(O)cc2)c1. The number of hydrogen-bond donors (Lipinski definition) is 3. The molecule has 0 radical (unpaired) electrons. The van der Waals surface area contributed by atoms with Crippen LogP contribution in [0.2, 0.25) is 0 Å². The van der Waals surface area contributed by atoms with Crippen LogP contribution in [0.4, 0.5) is 5.69 Å².